The van der Waals surface area contributed by atoms with Gasteiger partial charge in [0, 0.05) is 6.04 Å². The number of nitrogens with zero attached hydrogens (tertiary/aromatic N) is 1. The van der Waals surface area contributed by atoms with Gasteiger partial charge in [-0.3, -0.25) is 14.5 Å². The van der Waals surface area contributed by atoms with E-state index < -0.39 is 17.4 Å². The number of hydrogen-bond donors (Lipinski definition) is 2. The number of likely N-dealkylation sites (tertiary alicyclic amines) is 1. The van der Waals surface area contributed by atoms with Gasteiger partial charge in [-0.15, -0.1) is 0 Å². The number of amides is 1. The lowest BCUT2D eigenvalue weighted by atomic mass is 9.87. The van der Waals surface area contributed by atoms with Crippen molar-refractivity contribution in [1.29, 1.82) is 0 Å². The molecule has 1 fully saturated rings. The summed E-state index contributed by atoms with van der Waals surface area (Å²) in [5.41, 5.74) is -0.199. The Morgan fingerprint density at radius 1 is 1.32 bits per heavy atom. The normalized spacial score (nSPS) is 24.8. The molecule has 2 aromatic rings. The van der Waals surface area contributed by atoms with Gasteiger partial charge < -0.3 is 19.6 Å². The number of rotatable bonds is 7. The van der Waals surface area contributed by atoms with E-state index in [0.29, 0.717) is 17.9 Å². The van der Waals surface area contributed by atoms with Gasteiger partial charge in [-0.05, 0) is 49.7 Å². The van der Waals surface area contributed by atoms with Crippen LogP contribution in [0.5, 0.6) is 5.75 Å². The average Bonchev–Trinajstić information content (AvgIpc) is 3.32. The molecule has 0 spiro atoms. The minimum atomic E-state index is -1.09. The molecule has 150 valence electrons. The number of likely N-dealkylation sites (N-methyl/N-ethyl adjacent to an activating group) is 1. The number of carbonyl (C=O) groups excluding carboxylic acids is 1. The summed E-state index contributed by atoms with van der Waals surface area (Å²) >= 11 is 0. The molecule has 7 nitrogen and oxygen atoms in total. The molecular formula is C21H26N2O5. The van der Waals surface area contributed by atoms with Gasteiger partial charge in [-0.1, -0.05) is 19.1 Å². The molecule has 2 heterocycles. The Morgan fingerprint density at radius 2 is 2.04 bits per heavy atom. The van der Waals surface area contributed by atoms with E-state index in [2.05, 4.69) is 5.32 Å². The van der Waals surface area contributed by atoms with E-state index in [1.165, 1.54) is 0 Å². The van der Waals surface area contributed by atoms with Crippen LogP contribution in [0.2, 0.25) is 0 Å². The highest BCUT2D eigenvalue weighted by Crippen LogP contribution is 2.47. The van der Waals surface area contributed by atoms with E-state index in [-0.39, 0.29) is 24.9 Å². The third kappa shape index (κ3) is 3.49. The first kappa shape index (κ1) is 19.9. The Morgan fingerprint density at radius 3 is 2.57 bits per heavy atom. The minimum absolute atomic E-state index is 0.180. The van der Waals surface area contributed by atoms with Crippen molar-refractivity contribution in [3.63, 3.8) is 0 Å². The van der Waals surface area contributed by atoms with E-state index >= 15 is 0 Å². The molecule has 3 atom stereocenters. The molecule has 1 aliphatic rings. The fourth-order valence-corrected chi connectivity index (χ4v) is 4.15. The van der Waals surface area contributed by atoms with Gasteiger partial charge in [0.2, 0.25) is 5.91 Å². The fraction of sp³-hybridized carbons (Fsp3) is 0.429. The van der Waals surface area contributed by atoms with Gasteiger partial charge in [0.15, 0.2) is 0 Å². The number of hydrogen-bond acceptors (Lipinski definition) is 5. The highest BCUT2D eigenvalue weighted by Gasteiger charge is 2.56. The summed E-state index contributed by atoms with van der Waals surface area (Å²) in [6.45, 7) is 2.12. The van der Waals surface area contributed by atoms with Crippen LogP contribution in [0.4, 0.5) is 0 Å². The molecule has 0 unspecified atom stereocenters. The molecule has 0 radical (unpaired) electrons. The van der Waals surface area contributed by atoms with Crippen molar-refractivity contribution < 1.29 is 23.8 Å². The first-order valence-corrected chi connectivity index (χ1v) is 9.33. The van der Waals surface area contributed by atoms with Crippen LogP contribution in [-0.4, -0.2) is 41.6 Å². The summed E-state index contributed by atoms with van der Waals surface area (Å²) in [4.78, 5) is 27.0. The van der Waals surface area contributed by atoms with Crippen LogP contribution in [-0.2, 0) is 16.1 Å². The summed E-state index contributed by atoms with van der Waals surface area (Å²) < 4.78 is 10.5. The zero-order valence-corrected chi connectivity index (χ0v) is 16.3. The van der Waals surface area contributed by atoms with Crippen LogP contribution in [0.1, 0.15) is 37.1 Å². The summed E-state index contributed by atoms with van der Waals surface area (Å²) in [5, 5.41) is 12.8. The third-order valence-corrected chi connectivity index (χ3v) is 5.83. The molecule has 28 heavy (non-hydrogen) atoms. The predicted molar refractivity (Wildman–Crippen MR) is 103 cm³/mol. The number of methoxy groups -OCH3 is 1. The maximum atomic E-state index is 13.0. The lowest BCUT2D eigenvalue weighted by molar-refractivity contribution is -0.150. The van der Waals surface area contributed by atoms with Crippen LogP contribution < -0.4 is 10.1 Å². The molecule has 1 aromatic heterocycles. The average molecular weight is 386 g/mol. The number of benzene rings is 1. The van der Waals surface area contributed by atoms with E-state index in [1.807, 2.05) is 36.1 Å². The maximum absolute atomic E-state index is 13.0. The Kier molecular flexibility index (Phi) is 5.74. The van der Waals surface area contributed by atoms with E-state index in [4.69, 9.17) is 9.15 Å². The Bertz CT molecular complexity index is 818. The molecule has 1 aromatic carbocycles. The number of carboxylic acids is 1. The minimum Gasteiger partial charge on any atom is -0.497 e. The van der Waals surface area contributed by atoms with Crippen molar-refractivity contribution in [2.45, 2.75) is 37.9 Å². The Hall–Kier alpha value is -2.80. The van der Waals surface area contributed by atoms with Gasteiger partial charge in [0.25, 0.3) is 0 Å². The summed E-state index contributed by atoms with van der Waals surface area (Å²) in [5.74, 6) is -0.216. The second-order valence-electron chi connectivity index (χ2n) is 7.13. The number of ether oxygens (including phenoxy) is 1. The predicted octanol–water partition coefficient (Wildman–Crippen LogP) is 2.83. The van der Waals surface area contributed by atoms with Gasteiger partial charge in [0.05, 0.1) is 25.8 Å². The quantitative estimate of drug-likeness (QED) is 0.760. The van der Waals surface area contributed by atoms with Gasteiger partial charge >= 0.3 is 5.97 Å². The molecule has 0 aliphatic carbocycles. The smallest absolute Gasteiger partial charge is 0.324 e. The topological polar surface area (TPSA) is 92.0 Å². The maximum Gasteiger partial charge on any atom is 0.324 e. The number of aliphatic carboxylic acids is 1. The first-order valence-electron chi connectivity index (χ1n) is 9.33. The summed E-state index contributed by atoms with van der Waals surface area (Å²) in [6, 6.07) is 10.6. The number of nitrogens with one attached hydrogen (secondary N) is 1. The molecule has 1 aliphatic heterocycles. The molecular weight excluding hydrogens is 360 g/mol. The van der Waals surface area contributed by atoms with Crippen LogP contribution in [0.15, 0.2) is 47.1 Å². The van der Waals surface area contributed by atoms with Crippen LogP contribution >= 0.6 is 0 Å². The number of carboxylic acid groups (broad SMARTS) is 1. The summed E-state index contributed by atoms with van der Waals surface area (Å²) in [7, 11) is 3.38. The molecule has 3 rings (SSSR count). The highest BCUT2D eigenvalue weighted by atomic mass is 16.5. The SMILES string of the molecule is CC[C@@]1(C(=O)O)C[C@H](C(=O)NCc2ccco2)[C@H](c2ccc(OC)cc2)N1C. The molecule has 0 saturated carbocycles. The third-order valence-electron chi connectivity index (χ3n) is 5.83. The van der Waals surface area contributed by atoms with E-state index in [9.17, 15) is 14.7 Å². The monoisotopic (exact) mass is 386 g/mol. The first-order chi connectivity index (χ1) is 13.4. The molecule has 0 bridgehead atoms. The fourth-order valence-electron chi connectivity index (χ4n) is 4.15. The van der Waals surface area contributed by atoms with Gasteiger partial charge in [-0.2, -0.15) is 0 Å². The standard InChI is InChI=1S/C21H26N2O5/c1-4-21(20(25)26)12-17(19(24)22-13-16-6-5-11-28-16)18(23(21)2)14-7-9-15(27-3)10-8-14/h5-11,17-18H,4,12-13H2,1-3H3,(H,22,24)(H,25,26)/t17-,18-,21-/m0/s1. The van der Waals surface area contributed by atoms with Crippen LogP contribution in [0.25, 0.3) is 0 Å². The van der Waals surface area contributed by atoms with Crippen molar-refractivity contribution in [1.82, 2.24) is 10.2 Å². The second-order valence-corrected chi connectivity index (χ2v) is 7.13. The van der Waals surface area contributed by atoms with E-state index in [1.54, 1.807) is 32.6 Å². The second kappa shape index (κ2) is 8.06. The molecule has 7 heteroatoms. The van der Waals surface area contributed by atoms with Crippen molar-refractivity contribution in [3.8, 4) is 5.75 Å². The lowest BCUT2D eigenvalue weighted by Gasteiger charge is -2.34. The zero-order valence-electron chi connectivity index (χ0n) is 16.3. The number of furan rings is 1. The Balaban J connectivity index is 1.90. The van der Waals surface area contributed by atoms with Crippen molar-refractivity contribution >= 4 is 11.9 Å². The van der Waals surface area contributed by atoms with Gasteiger partial charge in [0.1, 0.15) is 17.0 Å². The Labute approximate surface area is 164 Å². The molecule has 1 amide bonds. The zero-order chi connectivity index (χ0) is 20.3. The lowest BCUT2D eigenvalue weighted by Crippen LogP contribution is -2.48. The largest absolute Gasteiger partial charge is 0.497 e. The highest BCUT2D eigenvalue weighted by molar-refractivity contribution is 5.85. The molecule has 2 N–H and O–H groups in total. The van der Waals surface area contributed by atoms with Crippen LogP contribution in [0, 0.1) is 5.92 Å². The summed E-state index contributed by atoms with van der Waals surface area (Å²) in [6.07, 6.45) is 2.21. The van der Waals surface area contributed by atoms with Crippen molar-refractivity contribution in [2.24, 2.45) is 5.92 Å². The van der Waals surface area contributed by atoms with Crippen molar-refractivity contribution in [2.75, 3.05) is 14.2 Å². The van der Waals surface area contributed by atoms with Gasteiger partial charge in [-0.25, -0.2) is 0 Å². The van der Waals surface area contributed by atoms with Crippen molar-refractivity contribution in [3.05, 3.63) is 54.0 Å². The molecule has 1 saturated heterocycles. The van der Waals surface area contributed by atoms with Crippen LogP contribution in [0.3, 0.4) is 0 Å². The number of carbonyl (C=O) groups is 2. The van der Waals surface area contributed by atoms with E-state index in [0.717, 1.165) is 5.56 Å².